The van der Waals surface area contributed by atoms with Crippen LogP contribution in [-0.2, 0) is 0 Å². The van der Waals surface area contributed by atoms with Crippen LogP contribution in [0.25, 0.3) is 0 Å². The Kier molecular flexibility index (Phi) is 4.45. The molecule has 0 saturated carbocycles. The van der Waals surface area contributed by atoms with Crippen LogP contribution in [0.4, 0.5) is 0 Å². The molecular formula is C12H15IO. The van der Waals surface area contributed by atoms with E-state index in [0.717, 1.165) is 5.75 Å². The summed E-state index contributed by atoms with van der Waals surface area (Å²) in [5.74, 6) is 1.33. The lowest BCUT2D eigenvalue weighted by atomic mass is 10.0. The van der Waals surface area contributed by atoms with Crippen molar-refractivity contribution in [2.45, 2.75) is 19.8 Å². The fraction of sp³-hybridized carbons (Fsp3) is 0.333. The van der Waals surface area contributed by atoms with Gasteiger partial charge in [0, 0.05) is 3.57 Å². The van der Waals surface area contributed by atoms with Gasteiger partial charge in [0.15, 0.2) is 0 Å². The maximum Gasteiger partial charge on any atom is 0.120 e. The van der Waals surface area contributed by atoms with Gasteiger partial charge in [0.1, 0.15) is 5.75 Å². The van der Waals surface area contributed by atoms with Gasteiger partial charge in [-0.05, 0) is 59.2 Å². The first-order chi connectivity index (χ1) is 6.67. The molecule has 0 saturated heterocycles. The molecule has 1 nitrogen and oxygen atoms in total. The summed E-state index contributed by atoms with van der Waals surface area (Å²) >= 11 is 2.31. The summed E-state index contributed by atoms with van der Waals surface area (Å²) in [7, 11) is 0. The Morgan fingerprint density at radius 1 is 1.50 bits per heavy atom. The number of benzene rings is 1. The Bertz CT molecular complexity index is 320. The van der Waals surface area contributed by atoms with Crippen molar-refractivity contribution in [3.05, 3.63) is 40.0 Å². The van der Waals surface area contributed by atoms with E-state index in [1.165, 1.54) is 9.13 Å². The quantitative estimate of drug-likeness (QED) is 0.604. The molecule has 0 amide bonds. The Balaban J connectivity index is 3.00. The maximum absolute atomic E-state index is 5.48. The highest BCUT2D eigenvalue weighted by Crippen LogP contribution is 2.24. The van der Waals surface area contributed by atoms with Gasteiger partial charge in [-0.3, -0.25) is 0 Å². The third-order valence-electron chi connectivity index (χ3n) is 2.08. The molecule has 0 N–H and O–H groups in total. The average molecular weight is 302 g/mol. The van der Waals surface area contributed by atoms with Gasteiger partial charge < -0.3 is 4.74 Å². The van der Waals surface area contributed by atoms with Gasteiger partial charge in [-0.25, -0.2) is 0 Å². The lowest BCUT2D eigenvalue weighted by Crippen LogP contribution is -1.95. The Morgan fingerprint density at radius 3 is 2.79 bits per heavy atom. The third kappa shape index (κ3) is 3.01. The normalized spacial score (nSPS) is 12.2. The predicted molar refractivity (Wildman–Crippen MR) is 68.9 cm³/mol. The number of hydrogen-bond donors (Lipinski definition) is 0. The second-order valence-corrected chi connectivity index (χ2v) is 4.42. The lowest BCUT2D eigenvalue weighted by molar-refractivity contribution is 0.339. The molecule has 1 unspecified atom stereocenters. The standard InChI is InChI=1S/C12H15IO/c1-4-9(3)10-6-11(13)8-12(7-10)14-5-2/h4,6-9H,1,5H2,2-3H3. The first-order valence-electron chi connectivity index (χ1n) is 4.73. The van der Waals surface area contributed by atoms with Crippen molar-refractivity contribution in [2.24, 2.45) is 0 Å². The number of ether oxygens (including phenoxy) is 1. The van der Waals surface area contributed by atoms with Crippen LogP contribution in [0.3, 0.4) is 0 Å². The van der Waals surface area contributed by atoms with E-state index in [1.807, 2.05) is 19.1 Å². The molecule has 1 rings (SSSR count). The summed E-state index contributed by atoms with van der Waals surface area (Å²) in [6.07, 6.45) is 1.95. The molecule has 0 spiro atoms. The smallest absolute Gasteiger partial charge is 0.120 e. The van der Waals surface area contributed by atoms with Gasteiger partial charge in [0.05, 0.1) is 6.61 Å². The third-order valence-corrected chi connectivity index (χ3v) is 2.71. The van der Waals surface area contributed by atoms with Crippen LogP contribution in [0.1, 0.15) is 25.3 Å². The molecule has 0 aromatic heterocycles. The van der Waals surface area contributed by atoms with E-state index in [2.05, 4.69) is 48.2 Å². The van der Waals surface area contributed by atoms with E-state index >= 15 is 0 Å². The molecule has 1 atom stereocenters. The molecule has 0 aliphatic heterocycles. The highest BCUT2D eigenvalue weighted by molar-refractivity contribution is 14.1. The summed E-state index contributed by atoms with van der Waals surface area (Å²) < 4.78 is 6.69. The SMILES string of the molecule is C=CC(C)c1cc(I)cc(OCC)c1. The van der Waals surface area contributed by atoms with Crippen molar-refractivity contribution >= 4 is 22.6 Å². The predicted octanol–water partition coefficient (Wildman–Crippen LogP) is 3.98. The van der Waals surface area contributed by atoms with E-state index in [9.17, 15) is 0 Å². The van der Waals surface area contributed by atoms with Crippen molar-refractivity contribution in [1.82, 2.24) is 0 Å². The summed E-state index contributed by atoms with van der Waals surface area (Å²) in [6, 6.07) is 6.29. The first-order valence-corrected chi connectivity index (χ1v) is 5.81. The van der Waals surface area contributed by atoms with Crippen LogP contribution in [0.5, 0.6) is 5.75 Å². The van der Waals surface area contributed by atoms with Crippen LogP contribution >= 0.6 is 22.6 Å². The van der Waals surface area contributed by atoms with Crippen LogP contribution in [0.15, 0.2) is 30.9 Å². The second kappa shape index (κ2) is 5.39. The van der Waals surface area contributed by atoms with Gasteiger partial charge >= 0.3 is 0 Å². The van der Waals surface area contributed by atoms with E-state index < -0.39 is 0 Å². The molecule has 0 radical (unpaired) electrons. The van der Waals surface area contributed by atoms with Crippen LogP contribution in [0, 0.1) is 3.57 Å². The first kappa shape index (κ1) is 11.6. The molecular weight excluding hydrogens is 287 g/mol. The molecule has 14 heavy (non-hydrogen) atoms. The molecule has 1 aromatic rings. The summed E-state index contributed by atoms with van der Waals surface area (Å²) in [4.78, 5) is 0. The number of halogens is 1. The minimum absolute atomic E-state index is 0.379. The van der Waals surface area contributed by atoms with Crippen molar-refractivity contribution < 1.29 is 4.74 Å². The molecule has 0 aliphatic carbocycles. The molecule has 76 valence electrons. The van der Waals surface area contributed by atoms with E-state index in [1.54, 1.807) is 0 Å². The van der Waals surface area contributed by atoms with E-state index in [4.69, 9.17) is 4.74 Å². The minimum Gasteiger partial charge on any atom is -0.494 e. The molecule has 0 bridgehead atoms. The Labute approximate surface area is 99.3 Å². The average Bonchev–Trinajstić information content (AvgIpc) is 2.16. The van der Waals surface area contributed by atoms with Gasteiger partial charge in [-0.15, -0.1) is 6.58 Å². The summed E-state index contributed by atoms with van der Waals surface area (Å²) in [5, 5.41) is 0. The summed E-state index contributed by atoms with van der Waals surface area (Å²) in [6.45, 7) is 8.64. The van der Waals surface area contributed by atoms with Gasteiger partial charge in [-0.2, -0.15) is 0 Å². The monoisotopic (exact) mass is 302 g/mol. The van der Waals surface area contributed by atoms with Gasteiger partial charge in [-0.1, -0.05) is 13.0 Å². The zero-order chi connectivity index (χ0) is 10.6. The molecule has 1 aromatic carbocycles. The molecule has 2 heteroatoms. The highest BCUT2D eigenvalue weighted by atomic mass is 127. The molecule has 0 heterocycles. The van der Waals surface area contributed by atoms with Gasteiger partial charge in [0.25, 0.3) is 0 Å². The Hall–Kier alpha value is -0.510. The van der Waals surface area contributed by atoms with E-state index in [0.29, 0.717) is 12.5 Å². The van der Waals surface area contributed by atoms with Crippen LogP contribution in [0.2, 0.25) is 0 Å². The van der Waals surface area contributed by atoms with Crippen molar-refractivity contribution in [3.8, 4) is 5.75 Å². The zero-order valence-electron chi connectivity index (χ0n) is 8.59. The zero-order valence-corrected chi connectivity index (χ0v) is 10.7. The van der Waals surface area contributed by atoms with Crippen LogP contribution < -0.4 is 4.74 Å². The summed E-state index contributed by atoms with van der Waals surface area (Å²) in [5.41, 5.74) is 1.26. The van der Waals surface area contributed by atoms with Crippen molar-refractivity contribution in [1.29, 1.82) is 0 Å². The fourth-order valence-corrected chi connectivity index (χ4v) is 1.90. The van der Waals surface area contributed by atoms with E-state index in [-0.39, 0.29) is 0 Å². The number of hydrogen-bond acceptors (Lipinski definition) is 1. The van der Waals surface area contributed by atoms with Crippen molar-refractivity contribution in [3.63, 3.8) is 0 Å². The van der Waals surface area contributed by atoms with Crippen molar-refractivity contribution in [2.75, 3.05) is 6.61 Å². The molecule has 0 fully saturated rings. The minimum atomic E-state index is 0.379. The second-order valence-electron chi connectivity index (χ2n) is 3.18. The topological polar surface area (TPSA) is 9.23 Å². The van der Waals surface area contributed by atoms with Crippen LogP contribution in [-0.4, -0.2) is 6.61 Å². The maximum atomic E-state index is 5.48. The highest BCUT2D eigenvalue weighted by Gasteiger charge is 2.04. The Morgan fingerprint density at radius 2 is 2.21 bits per heavy atom. The molecule has 0 aliphatic rings. The largest absolute Gasteiger partial charge is 0.494 e. The fourth-order valence-electron chi connectivity index (χ4n) is 1.23. The number of rotatable bonds is 4. The van der Waals surface area contributed by atoms with Gasteiger partial charge in [0.2, 0.25) is 0 Å². The lowest BCUT2D eigenvalue weighted by Gasteiger charge is -2.10. The number of allylic oxidation sites excluding steroid dienone is 1.